The number of hydrazone groups is 1. The maximum absolute atomic E-state index is 9.68. The summed E-state index contributed by atoms with van der Waals surface area (Å²) in [5.41, 5.74) is 5.05. The van der Waals surface area contributed by atoms with Crippen molar-refractivity contribution in [3.05, 3.63) is 47.3 Å². The van der Waals surface area contributed by atoms with Gasteiger partial charge < -0.3 is 24.5 Å². The van der Waals surface area contributed by atoms with Gasteiger partial charge in [0.15, 0.2) is 5.11 Å². The minimum Gasteiger partial charge on any atom is -0.508 e. The quantitative estimate of drug-likeness (QED) is 0.548. The van der Waals surface area contributed by atoms with E-state index in [1.165, 1.54) is 0 Å². The van der Waals surface area contributed by atoms with Gasteiger partial charge in [0.2, 0.25) is 0 Å². The van der Waals surface area contributed by atoms with E-state index in [0.29, 0.717) is 16.8 Å². The monoisotopic (exact) mass is 433 g/mol. The highest BCUT2D eigenvalue weighted by atomic mass is 35.5. The molecule has 4 rings (SSSR count). The number of fused-ring (bicyclic) bond motifs is 1. The van der Waals surface area contributed by atoms with Gasteiger partial charge in [0.1, 0.15) is 17.6 Å². The number of piperazine rings is 1. The second-order valence-corrected chi connectivity index (χ2v) is 8.00. The van der Waals surface area contributed by atoms with Crippen LogP contribution in [0.3, 0.4) is 0 Å². The van der Waals surface area contributed by atoms with Gasteiger partial charge in [0, 0.05) is 57.6 Å². The molecular weight excluding hydrogens is 410 g/mol. The number of rotatable bonds is 2. The number of nitrogens with one attached hydrogen (secondary N) is 1. The van der Waals surface area contributed by atoms with Crippen LogP contribution in [0.25, 0.3) is 0 Å². The number of hydrogen-bond donors (Lipinski definition) is 2. The summed E-state index contributed by atoms with van der Waals surface area (Å²) < 4.78 is 5.76. The molecule has 7 nitrogen and oxygen atoms in total. The Balaban J connectivity index is 1.36. The number of anilines is 1. The molecule has 2 N–H and O–H groups in total. The average molecular weight is 434 g/mol. The van der Waals surface area contributed by atoms with Gasteiger partial charge in [-0.15, -0.1) is 0 Å². The molecule has 0 bridgehead atoms. The average Bonchev–Trinajstić information content (AvgIpc) is 2.74. The fraction of sp³-hybridized carbons (Fsp3) is 0.400. The fourth-order valence-corrected chi connectivity index (χ4v) is 4.21. The smallest absolute Gasteiger partial charge is 0.189 e. The Hall–Kier alpha value is -2.45. The molecule has 1 unspecified atom stereocenters. The highest BCUT2D eigenvalue weighted by Gasteiger charge is 2.33. The Morgan fingerprint density at radius 3 is 2.86 bits per heavy atom. The largest absolute Gasteiger partial charge is 0.508 e. The molecule has 1 atom stereocenters. The van der Waals surface area contributed by atoms with Gasteiger partial charge in [-0.05, 0) is 30.4 Å². The lowest BCUT2D eigenvalue weighted by Gasteiger charge is -2.38. The number of nitrogens with zero attached hydrogens (tertiary/aromatic N) is 4. The molecule has 29 heavy (non-hydrogen) atoms. The van der Waals surface area contributed by atoms with Crippen LogP contribution in [0.5, 0.6) is 5.75 Å². The van der Waals surface area contributed by atoms with Gasteiger partial charge in [0.05, 0.1) is 17.4 Å². The number of phenolic OH excluding ortho intramolecular Hbond substituents is 1. The topological polar surface area (TPSA) is 63.6 Å². The van der Waals surface area contributed by atoms with Crippen molar-refractivity contribution in [2.24, 2.45) is 5.10 Å². The first kappa shape index (κ1) is 19.8. The highest BCUT2D eigenvalue weighted by Crippen LogP contribution is 2.29. The van der Waals surface area contributed by atoms with Crippen LogP contribution in [-0.2, 0) is 4.74 Å². The molecule has 0 radical (unpaired) electrons. The van der Waals surface area contributed by atoms with Crippen LogP contribution in [0.15, 0.2) is 52.4 Å². The molecule has 3 heterocycles. The molecule has 1 aromatic carbocycles. The number of benzene rings is 1. The predicted molar refractivity (Wildman–Crippen MR) is 119 cm³/mol. The van der Waals surface area contributed by atoms with Gasteiger partial charge in [-0.25, -0.2) is 0 Å². The van der Waals surface area contributed by atoms with Gasteiger partial charge in [0.25, 0.3) is 0 Å². The molecule has 0 saturated carbocycles. The molecule has 3 aliphatic rings. The molecular formula is C20H24ClN5O2S. The second-order valence-electron chi connectivity index (χ2n) is 7.21. The van der Waals surface area contributed by atoms with Gasteiger partial charge in [-0.2, -0.15) is 5.10 Å². The van der Waals surface area contributed by atoms with Crippen molar-refractivity contribution in [1.29, 1.82) is 0 Å². The van der Waals surface area contributed by atoms with Crippen LogP contribution in [0, 0.1) is 0 Å². The molecule has 2 fully saturated rings. The van der Waals surface area contributed by atoms with E-state index in [1.807, 2.05) is 36.4 Å². The summed E-state index contributed by atoms with van der Waals surface area (Å²) in [7, 11) is 1.98. The van der Waals surface area contributed by atoms with Crippen molar-refractivity contribution in [1.82, 2.24) is 15.2 Å². The van der Waals surface area contributed by atoms with Crippen LogP contribution in [0.2, 0.25) is 0 Å². The number of allylic oxidation sites excluding steroid dienone is 2. The predicted octanol–water partition coefficient (Wildman–Crippen LogP) is 2.44. The van der Waals surface area contributed by atoms with E-state index < -0.39 is 0 Å². The third-order valence-electron chi connectivity index (χ3n) is 5.34. The molecule has 3 aliphatic heterocycles. The van der Waals surface area contributed by atoms with E-state index in [1.54, 1.807) is 12.1 Å². The Labute approximate surface area is 180 Å². The van der Waals surface area contributed by atoms with Crippen LogP contribution in [0.1, 0.15) is 6.42 Å². The Bertz CT molecular complexity index is 879. The number of ether oxygens (including phenoxy) is 1. The summed E-state index contributed by atoms with van der Waals surface area (Å²) in [6.45, 7) is 3.79. The molecule has 0 aromatic heterocycles. The van der Waals surface area contributed by atoms with Gasteiger partial charge in [-0.1, -0.05) is 17.7 Å². The summed E-state index contributed by atoms with van der Waals surface area (Å²) in [6, 6.07) is 7.24. The number of aromatic hydroxyl groups is 1. The molecule has 2 saturated heterocycles. The Morgan fingerprint density at radius 1 is 1.31 bits per heavy atom. The first-order chi connectivity index (χ1) is 14.0. The zero-order valence-electron chi connectivity index (χ0n) is 16.2. The van der Waals surface area contributed by atoms with Crippen LogP contribution in [0.4, 0.5) is 5.69 Å². The highest BCUT2D eigenvalue weighted by molar-refractivity contribution is 7.80. The lowest BCUT2D eigenvalue weighted by Crippen LogP contribution is -2.51. The molecule has 0 amide bonds. The van der Waals surface area contributed by atoms with Crippen molar-refractivity contribution in [3.63, 3.8) is 0 Å². The standard InChI is InChI=1S/C20H24ClN5O2S/c1-24-7-5-16(21)19-18(24)17(6-12-28-19)22-23-20(29)26-10-8-25(9-11-26)14-3-2-4-15(27)13-14/h2-5,7,13,18,27H,6,8-12H2,1H3,(H,23,29)/b22-17-. The van der Waals surface area contributed by atoms with Crippen molar-refractivity contribution >= 4 is 40.3 Å². The summed E-state index contributed by atoms with van der Waals surface area (Å²) in [6.07, 6.45) is 4.48. The van der Waals surface area contributed by atoms with Crippen LogP contribution < -0.4 is 10.3 Å². The minimum atomic E-state index is -0.0980. The normalized spacial score (nSPS) is 23.2. The van der Waals surface area contributed by atoms with Gasteiger partial charge in [-0.3, -0.25) is 5.43 Å². The maximum Gasteiger partial charge on any atom is 0.189 e. The molecule has 0 spiro atoms. The first-order valence-electron chi connectivity index (χ1n) is 9.61. The number of thiocarbonyl (C=S) groups is 1. The van der Waals surface area contributed by atoms with Crippen molar-refractivity contribution in [2.75, 3.05) is 44.7 Å². The number of hydrogen-bond acceptors (Lipinski definition) is 6. The SMILES string of the molecule is CN1C=CC(Cl)=C2OCC/C(=N/NC(=S)N3CCN(c4cccc(O)c4)CC3)C21. The Morgan fingerprint density at radius 2 is 2.10 bits per heavy atom. The minimum absolute atomic E-state index is 0.0980. The van der Waals surface area contributed by atoms with E-state index in [4.69, 9.17) is 28.6 Å². The first-order valence-corrected chi connectivity index (χ1v) is 10.4. The van der Waals surface area contributed by atoms with E-state index >= 15 is 0 Å². The summed E-state index contributed by atoms with van der Waals surface area (Å²) in [5.74, 6) is 1.03. The lowest BCUT2D eigenvalue weighted by molar-refractivity contribution is 0.161. The zero-order valence-corrected chi connectivity index (χ0v) is 17.8. The van der Waals surface area contributed by atoms with Crippen molar-refractivity contribution in [3.8, 4) is 5.75 Å². The van der Waals surface area contributed by atoms with Crippen molar-refractivity contribution < 1.29 is 9.84 Å². The van der Waals surface area contributed by atoms with E-state index in [-0.39, 0.29) is 11.8 Å². The second kappa shape index (κ2) is 8.51. The fourth-order valence-electron chi connectivity index (χ4n) is 3.77. The molecule has 1 aromatic rings. The Kier molecular flexibility index (Phi) is 5.82. The van der Waals surface area contributed by atoms with Gasteiger partial charge >= 0.3 is 0 Å². The molecule has 0 aliphatic carbocycles. The molecule has 9 heteroatoms. The van der Waals surface area contributed by atoms with E-state index in [2.05, 4.69) is 20.3 Å². The maximum atomic E-state index is 9.68. The van der Waals surface area contributed by atoms with E-state index in [0.717, 1.165) is 49.8 Å². The zero-order chi connectivity index (χ0) is 20.4. The summed E-state index contributed by atoms with van der Waals surface area (Å²) in [5, 5.41) is 15.5. The lowest BCUT2D eigenvalue weighted by atomic mass is 10.0. The third kappa shape index (κ3) is 4.28. The van der Waals surface area contributed by atoms with Crippen molar-refractivity contribution in [2.45, 2.75) is 12.5 Å². The summed E-state index contributed by atoms with van der Waals surface area (Å²) in [4.78, 5) is 6.40. The third-order valence-corrected chi connectivity index (χ3v) is 6.00. The van der Waals surface area contributed by atoms with Crippen LogP contribution >= 0.6 is 23.8 Å². The number of likely N-dealkylation sites (N-methyl/N-ethyl adjacent to an activating group) is 1. The number of halogens is 1. The van der Waals surface area contributed by atoms with E-state index in [9.17, 15) is 5.11 Å². The number of phenols is 1. The molecule has 154 valence electrons. The van der Waals surface area contributed by atoms with Crippen LogP contribution in [-0.4, -0.2) is 71.6 Å². The summed E-state index contributed by atoms with van der Waals surface area (Å²) >= 11 is 11.9.